The van der Waals surface area contributed by atoms with Crippen LogP contribution in [0.25, 0.3) is 0 Å². The first-order chi connectivity index (χ1) is 13.0. The number of ether oxygens (including phenoxy) is 1. The highest BCUT2D eigenvalue weighted by Crippen LogP contribution is 2.43. The van der Waals surface area contributed by atoms with Crippen molar-refractivity contribution in [2.24, 2.45) is 0 Å². The van der Waals surface area contributed by atoms with Gasteiger partial charge in [0.15, 0.2) is 16.6 Å². The Kier molecular flexibility index (Phi) is 7.73. The Morgan fingerprint density at radius 2 is 1.59 bits per heavy atom. The molecule has 1 heterocycles. The maximum absolute atomic E-state index is 6.85. The van der Waals surface area contributed by atoms with Crippen LogP contribution < -0.4 is 0 Å². The van der Waals surface area contributed by atoms with Gasteiger partial charge in [0.25, 0.3) is 0 Å². The molecular weight excluding hydrogens is 460 g/mol. The second-order valence-corrected chi connectivity index (χ2v) is 21.9. The van der Waals surface area contributed by atoms with Gasteiger partial charge in [0.05, 0.1) is 18.8 Å². The number of rotatable bonds is 6. The zero-order chi connectivity index (χ0) is 22.3. The topological polar surface area (TPSA) is 27.7 Å². The van der Waals surface area contributed by atoms with Crippen LogP contribution in [0.3, 0.4) is 0 Å². The number of hydrogen-bond acceptors (Lipinski definition) is 3. The molecule has 1 aromatic carbocycles. The summed E-state index contributed by atoms with van der Waals surface area (Å²) in [5.74, 6) is 0. The summed E-state index contributed by atoms with van der Waals surface area (Å²) in [6.45, 7) is 23.6. The molecule has 3 atom stereocenters. The van der Waals surface area contributed by atoms with Gasteiger partial charge < -0.3 is 13.6 Å². The Hall–Kier alpha value is 0.0138. The van der Waals surface area contributed by atoms with E-state index in [2.05, 4.69) is 108 Å². The van der Waals surface area contributed by atoms with Crippen LogP contribution in [0, 0.1) is 0 Å². The van der Waals surface area contributed by atoms with Crippen LogP contribution in [-0.2, 0) is 13.6 Å². The molecule has 0 saturated carbocycles. The summed E-state index contributed by atoms with van der Waals surface area (Å²) in [5.41, 5.74) is 1.21. The van der Waals surface area contributed by atoms with Crippen LogP contribution >= 0.6 is 15.9 Å². The molecule has 166 valence electrons. The first-order valence-corrected chi connectivity index (χ1v) is 17.4. The average molecular weight is 502 g/mol. The molecule has 29 heavy (non-hydrogen) atoms. The number of benzene rings is 1. The Morgan fingerprint density at radius 3 is 2.10 bits per heavy atom. The molecule has 1 aliphatic rings. The predicted molar refractivity (Wildman–Crippen MR) is 132 cm³/mol. The SMILES string of the molecule is CC(C)(C)[Si](C)(C)OC[C@H]1O[C@@H](c2cccc(Br)c2)C[C@@H]1O[Si](C)(C)C(C)(C)C. The molecule has 1 fully saturated rings. The van der Waals surface area contributed by atoms with Gasteiger partial charge in [0, 0.05) is 10.9 Å². The number of hydrogen-bond donors (Lipinski definition) is 0. The summed E-state index contributed by atoms with van der Waals surface area (Å²) in [6, 6.07) is 8.44. The summed E-state index contributed by atoms with van der Waals surface area (Å²) in [7, 11) is -3.74. The lowest BCUT2D eigenvalue weighted by Gasteiger charge is -2.40. The highest BCUT2D eigenvalue weighted by atomic mass is 79.9. The molecule has 0 bridgehead atoms. The Labute approximate surface area is 189 Å². The van der Waals surface area contributed by atoms with Crippen LogP contribution in [-0.4, -0.2) is 35.4 Å². The Balaban J connectivity index is 2.21. The van der Waals surface area contributed by atoms with E-state index < -0.39 is 16.6 Å². The van der Waals surface area contributed by atoms with E-state index in [-0.39, 0.29) is 28.4 Å². The van der Waals surface area contributed by atoms with Gasteiger partial charge in [-0.05, 0) is 54.0 Å². The van der Waals surface area contributed by atoms with E-state index in [4.69, 9.17) is 13.6 Å². The highest BCUT2D eigenvalue weighted by Gasteiger charge is 2.46. The summed E-state index contributed by atoms with van der Waals surface area (Å²) < 4.78 is 21.0. The van der Waals surface area contributed by atoms with Gasteiger partial charge >= 0.3 is 0 Å². The summed E-state index contributed by atoms with van der Waals surface area (Å²) in [4.78, 5) is 0. The van der Waals surface area contributed by atoms with E-state index in [0.29, 0.717) is 6.61 Å². The van der Waals surface area contributed by atoms with E-state index in [1.807, 2.05) is 0 Å². The Bertz CT molecular complexity index is 692. The molecule has 0 amide bonds. The first kappa shape index (κ1) is 25.3. The maximum atomic E-state index is 6.85. The van der Waals surface area contributed by atoms with Crippen molar-refractivity contribution in [1.82, 2.24) is 0 Å². The number of halogens is 1. The molecule has 0 aliphatic carbocycles. The highest BCUT2D eigenvalue weighted by molar-refractivity contribution is 9.10. The van der Waals surface area contributed by atoms with Crippen LogP contribution in [0.1, 0.15) is 59.6 Å². The third-order valence-electron chi connectivity index (χ3n) is 7.09. The molecule has 1 saturated heterocycles. The predicted octanol–water partition coefficient (Wildman–Crippen LogP) is 7.69. The lowest BCUT2D eigenvalue weighted by Crippen LogP contribution is -2.48. The van der Waals surface area contributed by atoms with Crippen molar-refractivity contribution in [3.8, 4) is 0 Å². The average Bonchev–Trinajstić information content (AvgIpc) is 2.93. The molecule has 0 radical (unpaired) electrons. The molecule has 2 rings (SSSR count). The van der Waals surface area contributed by atoms with Gasteiger partial charge in [0.1, 0.15) is 6.10 Å². The smallest absolute Gasteiger partial charge is 0.192 e. The molecule has 0 N–H and O–H groups in total. The van der Waals surface area contributed by atoms with E-state index in [1.165, 1.54) is 5.56 Å². The van der Waals surface area contributed by atoms with Gasteiger partial charge in [-0.25, -0.2) is 0 Å². The quantitative estimate of drug-likeness (QED) is 0.374. The fourth-order valence-electron chi connectivity index (χ4n) is 2.97. The van der Waals surface area contributed by atoms with E-state index in [0.717, 1.165) is 10.9 Å². The minimum Gasteiger partial charge on any atom is -0.414 e. The van der Waals surface area contributed by atoms with Gasteiger partial charge in [-0.3, -0.25) is 0 Å². The lowest BCUT2D eigenvalue weighted by molar-refractivity contribution is -0.0164. The van der Waals surface area contributed by atoms with E-state index >= 15 is 0 Å². The van der Waals surface area contributed by atoms with Gasteiger partial charge in [0.2, 0.25) is 0 Å². The summed E-state index contributed by atoms with van der Waals surface area (Å²) >= 11 is 3.59. The first-order valence-electron chi connectivity index (χ1n) is 10.8. The molecule has 3 nitrogen and oxygen atoms in total. The van der Waals surface area contributed by atoms with Crippen LogP contribution in [0.4, 0.5) is 0 Å². The minimum absolute atomic E-state index is 0.0257. The normalized spacial score (nSPS) is 24.2. The zero-order valence-corrected chi connectivity index (χ0v) is 23.6. The molecule has 1 aromatic rings. The van der Waals surface area contributed by atoms with Gasteiger partial charge in [-0.2, -0.15) is 0 Å². The van der Waals surface area contributed by atoms with Crippen molar-refractivity contribution in [2.45, 2.75) is 103 Å². The van der Waals surface area contributed by atoms with Gasteiger partial charge in [-0.1, -0.05) is 69.6 Å². The molecule has 0 spiro atoms. The van der Waals surface area contributed by atoms with Crippen LogP contribution in [0.2, 0.25) is 36.3 Å². The second-order valence-electron chi connectivity index (χ2n) is 11.4. The lowest BCUT2D eigenvalue weighted by atomic mass is 10.1. The largest absolute Gasteiger partial charge is 0.414 e. The fourth-order valence-corrected chi connectivity index (χ4v) is 5.76. The van der Waals surface area contributed by atoms with Crippen molar-refractivity contribution < 1.29 is 13.6 Å². The van der Waals surface area contributed by atoms with Crippen LogP contribution in [0.15, 0.2) is 28.7 Å². The van der Waals surface area contributed by atoms with E-state index in [1.54, 1.807) is 0 Å². The van der Waals surface area contributed by atoms with Crippen molar-refractivity contribution in [2.75, 3.05) is 6.61 Å². The van der Waals surface area contributed by atoms with Crippen molar-refractivity contribution in [3.63, 3.8) is 0 Å². The summed E-state index contributed by atoms with van der Waals surface area (Å²) in [5, 5.41) is 0.358. The van der Waals surface area contributed by atoms with Gasteiger partial charge in [-0.15, -0.1) is 0 Å². The third kappa shape index (κ3) is 6.26. The standard InChI is InChI=1S/C23H41BrO3Si2/c1-22(2,3)28(7,8)25-16-21-20(27-29(9,10)23(4,5)6)15-19(26-21)17-12-11-13-18(24)14-17/h11-14,19-21H,15-16H2,1-10H3/t19-,20+,21-/m1/s1. The molecule has 0 aromatic heterocycles. The fraction of sp³-hybridized carbons (Fsp3) is 0.739. The van der Waals surface area contributed by atoms with Crippen molar-refractivity contribution in [1.29, 1.82) is 0 Å². The van der Waals surface area contributed by atoms with Crippen LogP contribution in [0.5, 0.6) is 0 Å². The zero-order valence-electron chi connectivity index (χ0n) is 20.1. The second kappa shape index (κ2) is 8.87. The van der Waals surface area contributed by atoms with Crippen molar-refractivity contribution in [3.05, 3.63) is 34.3 Å². The third-order valence-corrected chi connectivity index (χ3v) is 16.6. The maximum Gasteiger partial charge on any atom is 0.192 e. The monoisotopic (exact) mass is 500 g/mol. The molecule has 0 unspecified atom stereocenters. The molecule has 1 aliphatic heterocycles. The summed E-state index contributed by atoms with van der Waals surface area (Å²) in [6.07, 6.45) is 0.983. The Morgan fingerprint density at radius 1 is 1.00 bits per heavy atom. The van der Waals surface area contributed by atoms with Crippen molar-refractivity contribution >= 4 is 32.6 Å². The van der Waals surface area contributed by atoms with E-state index in [9.17, 15) is 0 Å². The molecule has 6 heteroatoms. The molecular formula is C23H41BrO3Si2. The minimum atomic E-state index is -1.90.